The molecule has 1 heterocycles. The van der Waals surface area contributed by atoms with E-state index in [1.807, 2.05) is 0 Å². The van der Waals surface area contributed by atoms with E-state index in [1.165, 1.54) is 38.5 Å². The first-order valence-corrected chi connectivity index (χ1v) is 5.90. The van der Waals surface area contributed by atoms with Crippen molar-refractivity contribution < 1.29 is 0 Å². The summed E-state index contributed by atoms with van der Waals surface area (Å²) in [6.45, 7) is 2.11. The summed E-state index contributed by atoms with van der Waals surface area (Å²) in [5, 5.41) is 8.58. The Morgan fingerprint density at radius 2 is 1.57 bits per heavy atom. The van der Waals surface area contributed by atoms with Gasteiger partial charge < -0.3 is 4.90 Å². The van der Waals surface area contributed by atoms with Gasteiger partial charge in [0.05, 0.1) is 17.5 Å². The topological polar surface area (TPSA) is 27.0 Å². The highest BCUT2D eigenvalue weighted by molar-refractivity contribution is 7.80. The largest absolute Gasteiger partial charge is 0.365 e. The minimum atomic E-state index is 0.412. The summed E-state index contributed by atoms with van der Waals surface area (Å²) in [7, 11) is 0. The van der Waals surface area contributed by atoms with E-state index in [4.69, 9.17) is 17.5 Å². The van der Waals surface area contributed by atoms with Crippen molar-refractivity contribution in [1.29, 1.82) is 5.26 Å². The molecule has 0 amide bonds. The summed E-state index contributed by atoms with van der Waals surface area (Å²) in [6.07, 6.45) is 8.21. The molecule has 0 radical (unpaired) electrons. The summed E-state index contributed by atoms with van der Waals surface area (Å²) in [5.41, 5.74) is 0. The van der Waals surface area contributed by atoms with Crippen molar-refractivity contribution in [3.8, 4) is 6.07 Å². The van der Waals surface area contributed by atoms with E-state index in [-0.39, 0.29) is 0 Å². The van der Waals surface area contributed by atoms with E-state index in [2.05, 4.69) is 11.0 Å². The Kier molecular flexibility index (Phi) is 5.55. The lowest BCUT2D eigenvalue weighted by molar-refractivity contribution is 0.408. The molecule has 1 fully saturated rings. The highest BCUT2D eigenvalue weighted by Crippen LogP contribution is 2.12. The molecular weight excluding hydrogens is 192 g/mol. The molecule has 0 spiro atoms. The van der Waals surface area contributed by atoms with Crippen molar-refractivity contribution in [2.45, 2.75) is 44.9 Å². The molecule has 1 saturated heterocycles. The molecule has 0 N–H and O–H groups in total. The van der Waals surface area contributed by atoms with Gasteiger partial charge in [0, 0.05) is 13.1 Å². The first-order chi connectivity index (χ1) is 6.84. The molecule has 1 aliphatic rings. The van der Waals surface area contributed by atoms with Crippen LogP contribution >= 0.6 is 12.2 Å². The minimum absolute atomic E-state index is 0.412. The Bertz CT molecular complexity index is 210. The molecule has 0 bridgehead atoms. The van der Waals surface area contributed by atoms with Crippen molar-refractivity contribution in [3.63, 3.8) is 0 Å². The summed E-state index contributed by atoms with van der Waals surface area (Å²) in [5.74, 6) is 0. The third-order valence-electron chi connectivity index (χ3n) is 2.69. The molecule has 0 aliphatic carbocycles. The lowest BCUT2D eigenvalue weighted by Crippen LogP contribution is -2.31. The van der Waals surface area contributed by atoms with Gasteiger partial charge in [-0.05, 0) is 12.8 Å². The molecule has 0 aromatic heterocycles. The smallest absolute Gasteiger partial charge is 0.0921 e. The van der Waals surface area contributed by atoms with Crippen molar-refractivity contribution in [2.24, 2.45) is 0 Å². The van der Waals surface area contributed by atoms with Crippen molar-refractivity contribution in [1.82, 2.24) is 4.90 Å². The van der Waals surface area contributed by atoms with Crippen molar-refractivity contribution >= 4 is 17.2 Å². The van der Waals surface area contributed by atoms with Gasteiger partial charge in [-0.3, -0.25) is 0 Å². The molecule has 14 heavy (non-hydrogen) atoms. The fourth-order valence-electron chi connectivity index (χ4n) is 1.85. The molecular formula is C11H18N2S. The van der Waals surface area contributed by atoms with Gasteiger partial charge in [0.2, 0.25) is 0 Å². The van der Waals surface area contributed by atoms with Gasteiger partial charge in [-0.2, -0.15) is 5.26 Å². The van der Waals surface area contributed by atoms with Crippen LogP contribution in [0, 0.1) is 11.3 Å². The Balaban J connectivity index is 2.39. The molecule has 2 nitrogen and oxygen atoms in total. The second kappa shape index (κ2) is 6.78. The number of nitrogens with zero attached hydrogens (tertiary/aromatic N) is 2. The zero-order valence-corrected chi connectivity index (χ0v) is 9.48. The minimum Gasteiger partial charge on any atom is -0.365 e. The van der Waals surface area contributed by atoms with E-state index in [9.17, 15) is 0 Å². The van der Waals surface area contributed by atoms with Crippen LogP contribution in [0.4, 0.5) is 0 Å². The fraction of sp³-hybridized carbons (Fsp3) is 0.818. The molecule has 1 rings (SSSR count). The molecule has 3 heteroatoms. The summed E-state index contributed by atoms with van der Waals surface area (Å²) < 4.78 is 0. The predicted octanol–water partition coefficient (Wildman–Crippen LogP) is 2.88. The molecule has 0 atom stereocenters. The fourth-order valence-corrected chi connectivity index (χ4v) is 2.10. The van der Waals surface area contributed by atoms with Gasteiger partial charge in [-0.25, -0.2) is 0 Å². The highest BCUT2D eigenvalue weighted by atomic mass is 32.1. The first kappa shape index (κ1) is 11.5. The maximum Gasteiger partial charge on any atom is 0.0921 e. The van der Waals surface area contributed by atoms with E-state index < -0.39 is 0 Å². The molecule has 1 aliphatic heterocycles. The lowest BCUT2D eigenvalue weighted by atomic mass is 10.1. The van der Waals surface area contributed by atoms with Crippen LogP contribution in [0.5, 0.6) is 0 Å². The monoisotopic (exact) mass is 210 g/mol. The maximum absolute atomic E-state index is 8.58. The van der Waals surface area contributed by atoms with Crippen LogP contribution < -0.4 is 0 Å². The third-order valence-corrected chi connectivity index (χ3v) is 3.09. The molecule has 78 valence electrons. The van der Waals surface area contributed by atoms with Crippen molar-refractivity contribution in [2.75, 3.05) is 13.1 Å². The van der Waals surface area contributed by atoms with Gasteiger partial charge in [0.1, 0.15) is 0 Å². The van der Waals surface area contributed by atoms with Crippen LogP contribution in [0.1, 0.15) is 44.9 Å². The van der Waals surface area contributed by atoms with Gasteiger partial charge >= 0.3 is 0 Å². The average molecular weight is 210 g/mol. The zero-order valence-electron chi connectivity index (χ0n) is 8.67. The van der Waals surface area contributed by atoms with Crippen LogP contribution in [0.15, 0.2) is 0 Å². The molecule has 0 aromatic rings. The number of nitriles is 1. The van der Waals surface area contributed by atoms with E-state index in [0.29, 0.717) is 6.42 Å². The van der Waals surface area contributed by atoms with E-state index in [0.717, 1.165) is 18.1 Å². The second-order valence-electron chi connectivity index (χ2n) is 3.84. The number of thiocarbonyl (C=S) groups is 1. The predicted molar refractivity (Wildman–Crippen MR) is 62.1 cm³/mol. The summed E-state index contributed by atoms with van der Waals surface area (Å²) in [6, 6.07) is 2.13. The number of hydrogen-bond acceptors (Lipinski definition) is 2. The van der Waals surface area contributed by atoms with Gasteiger partial charge in [0.25, 0.3) is 0 Å². The van der Waals surface area contributed by atoms with Gasteiger partial charge in [-0.15, -0.1) is 0 Å². The third kappa shape index (κ3) is 4.06. The first-order valence-electron chi connectivity index (χ1n) is 5.49. The Labute approximate surface area is 91.9 Å². The Morgan fingerprint density at radius 1 is 1.07 bits per heavy atom. The van der Waals surface area contributed by atoms with Crippen molar-refractivity contribution in [3.05, 3.63) is 0 Å². The van der Waals surface area contributed by atoms with Crippen LogP contribution in [0.3, 0.4) is 0 Å². The summed E-state index contributed by atoms with van der Waals surface area (Å²) in [4.78, 5) is 3.07. The Morgan fingerprint density at radius 3 is 2.07 bits per heavy atom. The van der Waals surface area contributed by atoms with E-state index >= 15 is 0 Å². The number of hydrogen-bond donors (Lipinski definition) is 0. The van der Waals surface area contributed by atoms with Crippen LogP contribution in [-0.2, 0) is 0 Å². The Hall–Kier alpha value is -0.620. The average Bonchev–Trinajstić information content (AvgIpc) is 2.30. The highest BCUT2D eigenvalue weighted by Gasteiger charge is 2.09. The van der Waals surface area contributed by atoms with Crippen LogP contribution in [0.2, 0.25) is 0 Å². The molecule has 0 saturated carbocycles. The normalized spacial score (nSPS) is 18.9. The molecule has 0 unspecified atom stereocenters. The standard InChI is InChI=1S/C11H18N2S/c12-8-7-11(14)13-9-5-3-1-2-4-6-10-13/h1-7,9-10H2. The van der Waals surface area contributed by atoms with Crippen LogP contribution in [-0.4, -0.2) is 23.0 Å². The van der Waals surface area contributed by atoms with Gasteiger partial charge in [0.15, 0.2) is 0 Å². The number of rotatable bonds is 1. The zero-order chi connectivity index (χ0) is 10.2. The quantitative estimate of drug-likeness (QED) is 0.623. The van der Waals surface area contributed by atoms with Crippen LogP contribution in [0.25, 0.3) is 0 Å². The van der Waals surface area contributed by atoms with E-state index in [1.54, 1.807) is 0 Å². The van der Waals surface area contributed by atoms with Gasteiger partial charge in [-0.1, -0.05) is 37.9 Å². The SMILES string of the molecule is N#CCC(=S)N1CCCCCCCC1. The summed E-state index contributed by atoms with van der Waals surface area (Å²) >= 11 is 5.23. The maximum atomic E-state index is 8.58. The lowest BCUT2D eigenvalue weighted by Gasteiger charge is -2.23. The second-order valence-corrected chi connectivity index (χ2v) is 4.31. The molecule has 0 aromatic carbocycles.